The third-order valence-corrected chi connectivity index (χ3v) is 3.40. The summed E-state index contributed by atoms with van der Waals surface area (Å²) in [5.41, 5.74) is 0. The molecule has 1 heterocycles. The maximum Gasteiger partial charge on any atom is 0.0460 e. The van der Waals surface area contributed by atoms with Crippen LogP contribution in [0.4, 0.5) is 0 Å². The zero-order valence-corrected chi connectivity index (χ0v) is 10.2. The first-order valence-electron chi connectivity index (χ1n) is 5.20. The lowest BCUT2D eigenvalue weighted by Crippen LogP contribution is -2.25. The van der Waals surface area contributed by atoms with Crippen LogP contribution in [-0.4, -0.2) is 18.5 Å². The highest BCUT2D eigenvalue weighted by Gasteiger charge is 2.01. The zero-order chi connectivity index (χ0) is 10.2. The average molecular weight is 232 g/mol. The molecule has 0 saturated heterocycles. The molecule has 0 radical (unpaired) electrons. The predicted octanol–water partition coefficient (Wildman–Crippen LogP) is 3.29. The van der Waals surface area contributed by atoms with Crippen molar-refractivity contribution in [3.05, 3.63) is 22.4 Å². The van der Waals surface area contributed by atoms with Gasteiger partial charge in [-0.15, -0.1) is 22.9 Å². The maximum atomic E-state index is 6.08. The third-order valence-electron chi connectivity index (χ3n) is 2.10. The Bertz CT molecular complexity index is 223. The molecule has 1 atom stereocenters. The van der Waals surface area contributed by atoms with Gasteiger partial charge in [-0.2, -0.15) is 0 Å². The fourth-order valence-electron chi connectivity index (χ4n) is 1.34. The van der Waals surface area contributed by atoms with Crippen molar-refractivity contribution in [2.24, 2.45) is 0 Å². The summed E-state index contributed by atoms with van der Waals surface area (Å²) in [6.45, 7) is 4.13. The molecule has 0 aliphatic rings. The van der Waals surface area contributed by atoms with Gasteiger partial charge in [-0.3, -0.25) is 0 Å². The summed E-state index contributed by atoms with van der Waals surface area (Å²) in [5, 5.41) is 5.80. The standard InChI is InChI=1S/C11H18ClNS/c1-2-4-10(12)9-13-7-6-11-5-3-8-14-11/h3,5,8,10,13H,2,4,6-7,9H2,1H3. The van der Waals surface area contributed by atoms with E-state index in [2.05, 4.69) is 29.8 Å². The summed E-state index contributed by atoms with van der Waals surface area (Å²) in [7, 11) is 0. The van der Waals surface area contributed by atoms with Crippen LogP contribution in [0.5, 0.6) is 0 Å². The van der Waals surface area contributed by atoms with Gasteiger partial charge in [0.1, 0.15) is 0 Å². The number of rotatable bonds is 7. The highest BCUT2D eigenvalue weighted by atomic mass is 35.5. The first-order chi connectivity index (χ1) is 6.83. The Labute approximate surface area is 95.5 Å². The second-order valence-corrected chi connectivity index (χ2v) is 5.07. The minimum atomic E-state index is 0.295. The van der Waals surface area contributed by atoms with Gasteiger partial charge in [0.25, 0.3) is 0 Å². The molecule has 1 aromatic rings. The van der Waals surface area contributed by atoms with Crippen molar-refractivity contribution < 1.29 is 0 Å². The van der Waals surface area contributed by atoms with Gasteiger partial charge in [0.05, 0.1) is 0 Å². The molecule has 0 aliphatic heterocycles. The quantitative estimate of drug-likeness (QED) is 0.561. The molecule has 0 amide bonds. The fourth-order valence-corrected chi connectivity index (χ4v) is 2.38. The van der Waals surface area contributed by atoms with Crippen LogP contribution in [0.1, 0.15) is 24.6 Å². The van der Waals surface area contributed by atoms with Crippen molar-refractivity contribution >= 4 is 22.9 Å². The smallest absolute Gasteiger partial charge is 0.0460 e. The lowest BCUT2D eigenvalue weighted by molar-refractivity contribution is 0.625. The van der Waals surface area contributed by atoms with Crippen LogP contribution in [0, 0.1) is 0 Å². The van der Waals surface area contributed by atoms with E-state index in [0.717, 1.165) is 25.9 Å². The Hall–Kier alpha value is -0.0500. The molecule has 0 aromatic carbocycles. The van der Waals surface area contributed by atoms with Gasteiger partial charge in [0, 0.05) is 23.3 Å². The molecule has 0 saturated carbocycles. The Morgan fingerprint density at radius 1 is 1.57 bits per heavy atom. The van der Waals surface area contributed by atoms with Crippen LogP contribution in [0.2, 0.25) is 0 Å². The number of alkyl halides is 1. The molecule has 0 aliphatic carbocycles. The average Bonchev–Trinajstić information content (AvgIpc) is 2.65. The van der Waals surface area contributed by atoms with E-state index in [1.54, 1.807) is 0 Å². The molecule has 14 heavy (non-hydrogen) atoms. The third kappa shape index (κ3) is 4.99. The van der Waals surface area contributed by atoms with Crippen LogP contribution < -0.4 is 5.32 Å². The molecule has 1 nitrogen and oxygen atoms in total. The Kier molecular flexibility index (Phi) is 6.24. The molecule has 80 valence electrons. The van der Waals surface area contributed by atoms with E-state index >= 15 is 0 Å². The minimum absolute atomic E-state index is 0.295. The van der Waals surface area contributed by atoms with Crippen molar-refractivity contribution in [3.63, 3.8) is 0 Å². The van der Waals surface area contributed by atoms with Gasteiger partial charge in [-0.25, -0.2) is 0 Å². The molecule has 0 bridgehead atoms. The van der Waals surface area contributed by atoms with E-state index in [-0.39, 0.29) is 0 Å². The van der Waals surface area contributed by atoms with Crippen molar-refractivity contribution in [2.45, 2.75) is 31.6 Å². The first-order valence-corrected chi connectivity index (χ1v) is 6.51. The zero-order valence-electron chi connectivity index (χ0n) is 8.63. The number of nitrogens with one attached hydrogen (secondary N) is 1. The monoisotopic (exact) mass is 231 g/mol. The number of hydrogen-bond acceptors (Lipinski definition) is 2. The van der Waals surface area contributed by atoms with Crippen LogP contribution in [0.3, 0.4) is 0 Å². The summed E-state index contributed by atoms with van der Waals surface area (Å²) in [4.78, 5) is 1.44. The highest BCUT2D eigenvalue weighted by Crippen LogP contribution is 2.08. The lowest BCUT2D eigenvalue weighted by atomic mass is 10.2. The Morgan fingerprint density at radius 3 is 3.07 bits per heavy atom. The van der Waals surface area contributed by atoms with Crippen molar-refractivity contribution in [1.29, 1.82) is 0 Å². The van der Waals surface area contributed by atoms with Crippen LogP contribution in [-0.2, 0) is 6.42 Å². The number of halogens is 1. The SMILES string of the molecule is CCCC(Cl)CNCCc1cccs1. The van der Waals surface area contributed by atoms with E-state index in [0.29, 0.717) is 5.38 Å². The Morgan fingerprint density at radius 2 is 2.43 bits per heavy atom. The second kappa shape index (κ2) is 7.27. The lowest BCUT2D eigenvalue weighted by Gasteiger charge is -2.08. The van der Waals surface area contributed by atoms with Gasteiger partial charge in [0.2, 0.25) is 0 Å². The minimum Gasteiger partial charge on any atom is -0.315 e. The summed E-state index contributed by atoms with van der Waals surface area (Å²) in [6, 6.07) is 4.28. The molecular weight excluding hydrogens is 214 g/mol. The van der Waals surface area contributed by atoms with E-state index in [4.69, 9.17) is 11.6 Å². The molecule has 1 aromatic heterocycles. The molecule has 1 N–H and O–H groups in total. The summed E-state index contributed by atoms with van der Waals surface area (Å²) in [6.07, 6.45) is 3.39. The first kappa shape index (κ1) is 12.0. The van der Waals surface area contributed by atoms with Gasteiger partial charge in [-0.1, -0.05) is 19.4 Å². The van der Waals surface area contributed by atoms with Crippen LogP contribution in [0.25, 0.3) is 0 Å². The number of hydrogen-bond donors (Lipinski definition) is 1. The highest BCUT2D eigenvalue weighted by molar-refractivity contribution is 7.09. The van der Waals surface area contributed by atoms with Gasteiger partial charge in [-0.05, 0) is 24.3 Å². The van der Waals surface area contributed by atoms with E-state index in [1.165, 1.54) is 11.3 Å². The van der Waals surface area contributed by atoms with Crippen LogP contribution >= 0.6 is 22.9 Å². The van der Waals surface area contributed by atoms with E-state index in [1.807, 2.05) is 11.3 Å². The molecule has 0 spiro atoms. The van der Waals surface area contributed by atoms with Crippen molar-refractivity contribution in [1.82, 2.24) is 5.32 Å². The van der Waals surface area contributed by atoms with Crippen molar-refractivity contribution in [2.75, 3.05) is 13.1 Å². The van der Waals surface area contributed by atoms with Crippen LogP contribution in [0.15, 0.2) is 17.5 Å². The molecule has 1 rings (SSSR count). The topological polar surface area (TPSA) is 12.0 Å². The van der Waals surface area contributed by atoms with Gasteiger partial charge >= 0.3 is 0 Å². The summed E-state index contributed by atoms with van der Waals surface area (Å²) in [5.74, 6) is 0. The summed E-state index contributed by atoms with van der Waals surface area (Å²) < 4.78 is 0. The Balaban J connectivity index is 1.99. The van der Waals surface area contributed by atoms with Crippen molar-refractivity contribution in [3.8, 4) is 0 Å². The van der Waals surface area contributed by atoms with E-state index in [9.17, 15) is 0 Å². The largest absolute Gasteiger partial charge is 0.315 e. The maximum absolute atomic E-state index is 6.08. The molecule has 0 fully saturated rings. The predicted molar refractivity (Wildman–Crippen MR) is 65.4 cm³/mol. The second-order valence-electron chi connectivity index (χ2n) is 3.42. The number of thiophene rings is 1. The molecular formula is C11H18ClNS. The normalized spacial score (nSPS) is 13.0. The summed E-state index contributed by atoms with van der Waals surface area (Å²) >= 11 is 7.90. The van der Waals surface area contributed by atoms with Gasteiger partial charge < -0.3 is 5.32 Å². The van der Waals surface area contributed by atoms with Gasteiger partial charge in [0.15, 0.2) is 0 Å². The van der Waals surface area contributed by atoms with E-state index < -0.39 is 0 Å². The molecule has 3 heteroatoms. The fraction of sp³-hybridized carbons (Fsp3) is 0.636. The molecule has 1 unspecified atom stereocenters.